The van der Waals surface area contributed by atoms with Gasteiger partial charge in [0, 0.05) is 28.3 Å². The second-order valence-electron chi connectivity index (χ2n) is 6.43. The number of aryl methyl sites for hydroxylation is 2. The number of hydrogen-bond acceptors (Lipinski definition) is 6. The van der Waals surface area contributed by atoms with Gasteiger partial charge in [-0.2, -0.15) is 0 Å². The van der Waals surface area contributed by atoms with E-state index in [1.165, 1.54) is 30.6 Å². The van der Waals surface area contributed by atoms with Crippen LogP contribution >= 0.6 is 23.6 Å². The zero-order chi connectivity index (χ0) is 21.8. The molecular weight excluding hydrogens is 422 g/mol. The first-order chi connectivity index (χ1) is 14.3. The SMILES string of the molecule is COC(=O)c1c(NC(=S)Nc2ccc([N+](=O)[O-])cc2C)sc(C)c1-c1ccccc1. The Bertz CT molecular complexity index is 1130. The summed E-state index contributed by atoms with van der Waals surface area (Å²) in [5.41, 5.74) is 3.43. The summed E-state index contributed by atoms with van der Waals surface area (Å²) < 4.78 is 5.01. The van der Waals surface area contributed by atoms with Crippen molar-refractivity contribution in [2.75, 3.05) is 17.7 Å². The number of esters is 1. The van der Waals surface area contributed by atoms with Crippen molar-refractivity contribution in [3.05, 3.63) is 74.6 Å². The van der Waals surface area contributed by atoms with Crippen LogP contribution in [0.15, 0.2) is 48.5 Å². The fourth-order valence-electron chi connectivity index (χ4n) is 3.04. The van der Waals surface area contributed by atoms with Crippen LogP contribution in [0.2, 0.25) is 0 Å². The molecule has 0 atom stereocenters. The van der Waals surface area contributed by atoms with Gasteiger partial charge in [-0.05, 0) is 43.3 Å². The minimum absolute atomic E-state index is 0.00582. The Hall–Kier alpha value is -3.30. The van der Waals surface area contributed by atoms with Crippen LogP contribution in [-0.2, 0) is 4.74 Å². The average molecular weight is 442 g/mol. The van der Waals surface area contributed by atoms with E-state index in [1.54, 1.807) is 13.0 Å². The summed E-state index contributed by atoms with van der Waals surface area (Å²) in [5, 5.41) is 17.8. The maximum absolute atomic E-state index is 12.6. The number of anilines is 2. The molecule has 0 saturated carbocycles. The smallest absolute Gasteiger partial charge is 0.341 e. The number of nitro benzene ring substituents is 1. The van der Waals surface area contributed by atoms with Gasteiger partial charge in [0.2, 0.25) is 0 Å². The number of carbonyl (C=O) groups is 1. The van der Waals surface area contributed by atoms with Crippen molar-refractivity contribution in [3.63, 3.8) is 0 Å². The molecule has 0 unspecified atom stereocenters. The van der Waals surface area contributed by atoms with Crippen LogP contribution in [-0.4, -0.2) is 23.1 Å². The number of nitro groups is 1. The first-order valence-corrected chi connectivity index (χ1v) is 10.1. The van der Waals surface area contributed by atoms with Crippen LogP contribution in [0.5, 0.6) is 0 Å². The summed E-state index contributed by atoms with van der Waals surface area (Å²) in [5.74, 6) is -0.463. The Morgan fingerprint density at radius 2 is 1.83 bits per heavy atom. The number of ether oxygens (including phenoxy) is 1. The van der Waals surface area contributed by atoms with Gasteiger partial charge in [0.05, 0.1) is 12.0 Å². The van der Waals surface area contributed by atoms with E-state index in [2.05, 4.69) is 10.6 Å². The fraction of sp³-hybridized carbons (Fsp3) is 0.143. The average Bonchev–Trinajstić information content (AvgIpc) is 3.04. The van der Waals surface area contributed by atoms with Gasteiger partial charge in [0.25, 0.3) is 5.69 Å². The van der Waals surface area contributed by atoms with Crippen molar-refractivity contribution < 1.29 is 14.5 Å². The molecule has 7 nitrogen and oxygen atoms in total. The number of thiocarbonyl (C=S) groups is 1. The van der Waals surface area contributed by atoms with Crippen LogP contribution in [0.1, 0.15) is 20.8 Å². The van der Waals surface area contributed by atoms with E-state index < -0.39 is 10.9 Å². The summed E-state index contributed by atoms with van der Waals surface area (Å²) in [6, 6.07) is 14.1. The lowest BCUT2D eigenvalue weighted by atomic mass is 10.0. The van der Waals surface area contributed by atoms with Gasteiger partial charge in [-0.15, -0.1) is 11.3 Å². The molecular formula is C21H19N3O4S2. The molecule has 3 rings (SSSR count). The molecule has 30 heavy (non-hydrogen) atoms. The van der Waals surface area contributed by atoms with Crippen molar-refractivity contribution in [2.24, 2.45) is 0 Å². The molecule has 154 valence electrons. The largest absolute Gasteiger partial charge is 0.465 e. The molecule has 9 heteroatoms. The highest BCUT2D eigenvalue weighted by molar-refractivity contribution is 7.80. The lowest BCUT2D eigenvalue weighted by molar-refractivity contribution is -0.384. The first-order valence-electron chi connectivity index (χ1n) is 8.92. The molecule has 1 heterocycles. The monoisotopic (exact) mass is 441 g/mol. The normalized spacial score (nSPS) is 10.4. The Morgan fingerprint density at radius 1 is 1.13 bits per heavy atom. The van der Waals surface area contributed by atoms with E-state index in [1.807, 2.05) is 37.3 Å². The van der Waals surface area contributed by atoms with Crippen LogP contribution < -0.4 is 10.6 Å². The minimum Gasteiger partial charge on any atom is -0.465 e. The second-order valence-corrected chi connectivity index (χ2v) is 8.06. The van der Waals surface area contributed by atoms with Crippen molar-refractivity contribution in [1.82, 2.24) is 0 Å². The Labute approximate surface area is 182 Å². The van der Waals surface area contributed by atoms with Crippen LogP contribution in [0.3, 0.4) is 0 Å². The molecule has 0 aliphatic rings. The zero-order valence-corrected chi connectivity index (χ0v) is 18.1. The molecule has 2 aromatic carbocycles. The molecule has 3 aromatic rings. The van der Waals surface area contributed by atoms with Crippen LogP contribution in [0.25, 0.3) is 11.1 Å². The summed E-state index contributed by atoms with van der Waals surface area (Å²) in [6.45, 7) is 3.68. The molecule has 0 radical (unpaired) electrons. The minimum atomic E-state index is -0.463. The number of hydrogen-bond donors (Lipinski definition) is 2. The van der Waals surface area contributed by atoms with E-state index in [-0.39, 0.29) is 10.8 Å². The van der Waals surface area contributed by atoms with Crippen LogP contribution in [0, 0.1) is 24.0 Å². The van der Waals surface area contributed by atoms with Gasteiger partial charge in [-0.25, -0.2) is 4.79 Å². The van der Waals surface area contributed by atoms with Crippen LogP contribution in [0.4, 0.5) is 16.4 Å². The lowest BCUT2D eigenvalue weighted by Gasteiger charge is -2.13. The van der Waals surface area contributed by atoms with E-state index in [9.17, 15) is 14.9 Å². The molecule has 0 bridgehead atoms. The van der Waals surface area contributed by atoms with Crippen molar-refractivity contribution >= 4 is 51.0 Å². The van der Waals surface area contributed by atoms with Gasteiger partial charge in [-0.3, -0.25) is 10.1 Å². The highest BCUT2D eigenvalue weighted by Crippen LogP contribution is 2.40. The summed E-state index contributed by atoms with van der Waals surface area (Å²) in [6.07, 6.45) is 0. The number of nitrogens with one attached hydrogen (secondary N) is 2. The van der Waals surface area contributed by atoms with E-state index in [0.717, 1.165) is 16.0 Å². The molecule has 0 amide bonds. The third kappa shape index (κ3) is 4.47. The number of thiophene rings is 1. The first kappa shape index (κ1) is 21.4. The molecule has 0 spiro atoms. The maximum Gasteiger partial charge on any atom is 0.341 e. The Kier molecular flexibility index (Phi) is 6.43. The number of methoxy groups -OCH3 is 1. The highest BCUT2D eigenvalue weighted by Gasteiger charge is 2.24. The van der Waals surface area contributed by atoms with Gasteiger partial charge >= 0.3 is 5.97 Å². The molecule has 0 aliphatic carbocycles. The van der Waals surface area contributed by atoms with E-state index >= 15 is 0 Å². The standard InChI is InChI=1S/C21H19N3O4S2/c1-12-11-15(24(26)27)9-10-16(12)22-21(29)23-19-18(20(25)28-3)17(13(2)30-19)14-7-5-4-6-8-14/h4-11H,1-3H3,(H2,22,23,29). The fourth-order valence-corrected chi connectivity index (χ4v) is 4.39. The summed E-state index contributed by atoms with van der Waals surface area (Å²) in [4.78, 5) is 24.0. The molecule has 1 aromatic heterocycles. The van der Waals surface area contributed by atoms with E-state index in [4.69, 9.17) is 17.0 Å². The number of carbonyl (C=O) groups excluding carboxylic acids is 1. The second kappa shape index (κ2) is 9.02. The van der Waals surface area contributed by atoms with Crippen molar-refractivity contribution in [3.8, 4) is 11.1 Å². The van der Waals surface area contributed by atoms with Crippen molar-refractivity contribution in [2.45, 2.75) is 13.8 Å². The molecule has 0 saturated heterocycles. The highest BCUT2D eigenvalue weighted by atomic mass is 32.1. The Balaban J connectivity index is 1.90. The number of benzene rings is 2. The van der Waals surface area contributed by atoms with E-state index in [0.29, 0.717) is 21.8 Å². The molecule has 0 fully saturated rings. The van der Waals surface area contributed by atoms with Gasteiger partial charge in [0.1, 0.15) is 10.6 Å². The summed E-state index contributed by atoms with van der Waals surface area (Å²) in [7, 11) is 1.34. The number of nitrogens with zero attached hydrogens (tertiary/aromatic N) is 1. The zero-order valence-electron chi connectivity index (χ0n) is 16.5. The topological polar surface area (TPSA) is 93.5 Å². The van der Waals surface area contributed by atoms with Crippen molar-refractivity contribution in [1.29, 1.82) is 0 Å². The summed E-state index contributed by atoms with van der Waals surface area (Å²) >= 11 is 6.81. The van der Waals surface area contributed by atoms with Gasteiger partial charge < -0.3 is 15.4 Å². The van der Waals surface area contributed by atoms with Gasteiger partial charge in [0.15, 0.2) is 5.11 Å². The quantitative estimate of drug-likeness (QED) is 0.232. The van der Waals surface area contributed by atoms with Gasteiger partial charge in [-0.1, -0.05) is 30.3 Å². The number of rotatable bonds is 5. The Morgan fingerprint density at radius 3 is 2.43 bits per heavy atom. The molecule has 2 N–H and O–H groups in total. The predicted octanol–water partition coefficient (Wildman–Crippen LogP) is 5.54. The predicted molar refractivity (Wildman–Crippen MR) is 124 cm³/mol. The molecule has 0 aliphatic heterocycles. The lowest BCUT2D eigenvalue weighted by Crippen LogP contribution is -2.20. The third-order valence-electron chi connectivity index (χ3n) is 4.43. The maximum atomic E-state index is 12.6. The number of non-ortho nitro benzene ring substituents is 1. The third-order valence-corrected chi connectivity index (χ3v) is 5.66.